The van der Waals surface area contributed by atoms with Crippen LogP contribution >= 0.6 is 0 Å². The quantitative estimate of drug-likeness (QED) is 0.577. The standard InChI is InChI=1S/C26H33N5O4/c32-23-8-12-31(26(23)33)19-6-10-30(11-7-19)16-21-13-17-1-3-20(14-24(17)34-21)35-25-4-2-18(15-27-25)22-5-9-28-29-22/h1-4,14-15,19,21-23,28-29,32H,5-13,16H2/t21-,22?,23+/m1/s1. The van der Waals surface area contributed by atoms with E-state index in [9.17, 15) is 9.90 Å². The van der Waals surface area contributed by atoms with Gasteiger partial charge in [0.25, 0.3) is 5.91 Å². The number of fused-ring (bicyclic) bond motifs is 1. The number of amides is 1. The van der Waals surface area contributed by atoms with Crippen molar-refractivity contribution in [1.82, 2.24) is 25.6 Å². The first-order valence-electron chi connectivity index (χ1n) is 12.7. The molecule has 35 heavy (non-hydrogen) atoms. The first-order chi connectivity index (χ1) is 17.1. The van der Waals surface area contributed by atoms with E-state index in [-0.39, 0.29) is 18.1 Å². The third kappa shape index (κ3) is 4.86. The molecule has 186 valence electrons. The van der Waals surface area contributed by atoms with Crippen LogP contribution in [-0.2, 0) is 11.2 Å². The van der Waals surface area contributed by atoms with Gasteiger partial charge in [0.1, 0.15) is 23.7 Å². The van der Waals surface area contributed by atoms with Gasteiger partial charge in [0.2, 0.25) is 5.88 Å². The van der Waals surface area contributed by atoms with Crippen molar-refractivity contribution in [3.63, 3.8) is 0 Å². The van der Waals surface area contributed by atoms with Crippen molar-refractivity contribution in [2.24, 2.45) is 0 Å². The maximum atomic E-state index is 12.1. The second kappa shape index (κ2) is 9.73. The molecule has 3 saturated heterocycles. The number of likely N-dealkylation sites (tertiary alicyclic amines) is 2. The highest BCUT2D eigenvalue weighted by atomic mass is 16.5. The van der Waals surface area contributed by atoms with Crippen molar-refractivity contribution in [3.8, 4) is 17.4 Å². The molecule has 3 N–H and O–H groups in total. The van der Waals surface area contributed by atoms with E-state index >= 15 is 0 Å². The van der Waals surface area contributed by atoms with E-state index in [1.54, 1.807) is 0 Å². The van der Waals surface area contributed by atoms with Gasteiger partial charge in [-0.25, -0.2) is 4.98 Å². The highest BCUT2D eigenvalue weighted by Gasteiger charge is 2.36. The summed E-state index contributed by atoms with van der Waals surface area (Å²) in [5.41, 5.74) is 8.75. The van der Waals surface area contributed by atoms with Gasteiger partial charge in [0, 0.05) is 69.6 Å². The number of ether oxygens (including phenoxy) is 2. The number of piperidine rings is 1. The topological polar surface area (TPSA) is 99.2 Å². The summed E-state index contributed by atoms with van der Waals surface area (Å²) in [5.74, 6) is 2.09. The molecule has 9 nitrogen and oxygen atoms in total. The maximum Gasteiger partial charge on any atom is 0.251 e. The number of aliphatic hydroxyl groups is 1. The number of carbonyl (C=O) groups excluding carboxylic acids is 1. The highest BCUT2D eigenvalue weighted by Crippen LogP contribution is 2.35. The third-order valence-electron chi connectivity index (χ3n) is 7.67. The summed E-state index contributed by atoms with van der Waals surface area (Å²) in [6, 6.07) is 10.5. The molecule has 1 aromatic carbocycles. The van der Waals surface area contributed by atoms with E-state index < -0.39 is 6.10 Å². The van der Waals surface area contributed by atoms with Crippen molar-refractivity contribution in [2.75, 3.05) is 32.7 Å². The maximum absolute atomic E-state index is 12.1. The molecule has 9 heteroatoms. The van der Waals surface area contributed by atoms with Crippen LogP contribution in [0.5, 0.6) is 17.4 Å². The zero-order valence-electron chi connectivity index (χ0n) is 19.9. The average Bonchev–Trinajstić information content (AvgIpc) is 3.61. The molecule has 3 fully saturated rings. The van der Waals surface area contributed by atoms with Gasteiger partial charge in [-0.1, -0.05) is 12.1 Å². The summed E-state index contributed by atoms with van der Waals surface area (Å²) in [6.45, 7) is 4.42. The molecule has 3 atom stereocenters. The van der Waals surface area contributed by atoms with Crippen LogP contribution < -0.4 is 20.3 Å². The molecule has 6 rings (SSSR count). The largest absolute Gasteiger partial charge is 0.488 e. The Bertz CT molecular complexity index is 1050. The van der Waals surface area contributed by atoms with E-state index in [4.69, 9.17) is 9.47 Å². The summed E-state index contributed by atoms with van der Waals surface area (Å²) < 4.78 is 12.3. The molecule has 1 unspecified atom stereocenters. The number of rotatable bonds is 6. The van der Waals surface area contributed by atoms with Crippen molar-refractivity contribution >= 4 is 5.91 Å². The molecular formula is C26H33N5O4. The smallest absolute Gasteiger partial charge is 0.251 e. The molecule has 0 aliphatic carbocycles. The number of carbonyl (C=O) groups is 1. The van der Waals surface area contributed by atoms with E-state index in [0.29, 0.717) is 24.9 Å². The van der Waals surface area contributed by atoms with Crippen molar-refractivity contribution in [3.05, 3.63) is 47.7 Å². The number of hydrazine groups is 1. The third-order valence-corrected chi connectivity index (χ3v) is 7.67. The molecule has 0 spiro atoms. The molecule has 2 aromatic rings. The molecule has 5 heterocycles. The lowest BCUT2D eigenvalue weighted by Gasteiger charge is -2.37. The highest BCUT2D eigenvalue weighted by molar-refractivity contribution is 5.83. The van der Waals surface area contributed by atoms with Gasteiger partial charge in [-0.05, 0) is 42.9 Å². The first-order valence-corrected chi connectivity index (χ1v) is 12.7. The molecule has 1 amide bonds. The number of nitrogens with zero attached hydrogens (tertiary/aromatic N) is 3. The lowest BCUT2D eigenvalue weighted by atomic mass is 10.0. The minimum Gasteiger partial charge on any atom is -0.488 e. The Kier molecular flexibility index (Phi) is 6.32. The second-order valence-electron chi connectivity index (χ2n) is 10.0. The van der Waals surface area contributed by atoms with Crippen LogP contribution in [0.4, 0.5) is 0 Å². The predicted molar refractivity (Wildman–Crippen MR) is 129 cm³/mol. The van der Waals surface area contributed by atoms with E-state index in [2.05, 4.69) is 32.9 Å². The number of aliphatic hydroxyl groups excluding tert-OH is 1. The van der Waals surface area contributed by atoms with Crippen LogP contribution in [0.1, 0.15) is 42.9 Å². The molecule has 1 aromatic heterocycles. The minimum atomic E-state index is -0.797. The molecule has 4 aliphatic rings. The van der Waals surface area contributed by atoms with Gasteiger partial charge in [-0.15, -0.1) is 0 Å². The van der Waals surface area contributed by atoms with Crippen LogP contribution in [0.3, 0.4) is 0 Å². The fourth-order valence-corrected chi connectivity index (χ4v) is 5.71. The minimum absolute atomic E-state index is 0.0923. The van der Waals surface area contributed by atoms with Crippen LogP contribution in [0.2, 0.25) is 0 Å². The van der Waals surface area contributed by atoms with Crippen LogP contribution in [-0.4, -0.2) is 76.8 Å². The monoisotopic (exact) mass is 479 g/mol. The van der Waals surface area contributed by atoms with Crippen molar-refractivity contribution in [2.45, 2.75) is 56.4 Å². The summed E-state index contributed by atoms with van der Waals surface area (Å²) in [5, 5.41) is 9.75. The Labute approximate surface area is 205 Å². The molecule has 4 aliphatic heterocycles. The number of hydrogen-bond donors (Lipinski definition) is 3. The number of aromatic nitrogens is 1. The van der Waals surface area contributed by atoms with Gasteiger partial charge >= 0.3 is 0 Å². The molecule has 0 bridgehead atoms. The van der Waals surface area contributed by atoms with Crippen molar-refractivity contribution in [1.29, 1.82) is 0 Å². The predicted octanol–water partition coefficient (Wildman–Crippen LogP) is 1.77. The van der Waals surface area contributed by atoms with Gasteiger partial charge in [0.15, 0.2) is 0 Å². The van der Waals surface area contributed by atoms with Crippen LogP contribution in [0.15, 0.2) is 36.5 Å². The van der Waals surface area contributed by atoms with Gasteiger partial charge in [-0.3, -0.25) is 20.5 Å². The van der Waals surface area contributed by atoms with Gasteiger partial charge in [0.05, 0.1) is 0 Å². The molecular weight excluding hydrogens is 446 g/mol. The average molecular weight is 480 g/mol. The fraction of sp³-hybridized carbons (Fsp3) is 0.538. The van der Waals surface area contributed by atoms with E-state index in [1.807, 2.05) is 29.3 Å². The summed E-state index contributed by atoms with van der Waals surface area (Å²) in [7, 11) is 0. The number of hydrogen-bond acceptors (Lipinski definition) is 8. The van der Waals surface area contributed by atoms with Crippen LogP contribution in [0.25, 0.3) is 0 Å². The van der Waals surface area contributed by atoms with Gasteiger partial charge in [-0.2, -0.15) is 0 Å². The lowest BCUT2D eigenvalue weighted by molar-refractivity contribution is -0.137. The molecule has 0 radical (unpaired) electrons. The SMILES string of the molecule is O=C1[C@@H](O)CCN1C1CCN(C[C@H]2Cc3ccc(Oc4ccc(C5CCNN5)cn4)cc3O2)CC1. The van der Waals surface area contributed by atoms with E-state index in [0.717, 1.165) is 68.9 Å². The number of benzene rings is 1. The fourth-order valence-electron chi connectivity index (χ4n) is 5.71. The normalized spacial score (nSPS) is 27.3. The summed E-state index contributed by atoms with van der Waals surface area (Å²) >= 11 is 0. The Balaban J connectivity index is 1.00. The Hall–Kier alpha value is -2.72. The second-order valence-corrected chi connectivity index (χ2v) is 10.0. The molecule has 0 saturated carbocycles. The number of pyridine rings is 1. The summed E-state index contributed by atoms with van der Waals surface area (Å²) in [6.07, 6.45) is 5.60. The number of nitrogens with one attached hydrogen (secondary N) is 2. The zero-order chi connectivity index (χ0) is 23.8. The Morgan fingerprint density at radius 1 is 1.11 bits per heavy atom. The lowest BCUT2D eigenvalue weighted by Crippen LogP contribution is -2.48. The summed E-state index contributed by atoms with van der Waals surface area (Å²) in [4.78, 5) is 20.9. The van der Waals surface area contributed by atoms with Crippen LogP contribution in [0, 0.1) is 0 Å². The zero-order valence-corrected chi connectivity index (χ0v) is 19.9. The Morgan fingerprint density at radius 3 is 2.71 bits per heavy atom. The van der Waals surface area contributed by atoms with Gasteiger partial charge < -0.3 is 19.5 Å². The first kappa shape index (κ1) is 22.7. The van der Waals surface area contributed by atoms with E-state index in [1.165, 1.54) is 5.56 Å². The van der Waals surface area contributed by atoms with Crippen molar-refractivity contribution < 1.29 is 19.4 Å². The Morgan fingerprint density at radius 2 is 2.00 bits per heavy atom.